The van der Waals surface area contributed by atoms with Gasteiger partial charge in [-0.3, -0.25) is 19.1 Å². The Morgan fingerprint density at radius 1 is 1.31 bits per heavy atom. The first-order chi connectivity index (χ1) is 16.8. The van der Waals surface area contributed by atoms with Crippen molar-refractivity contribution in [1.82, 2.24) is 24.5 Å². The summed E-state index contributed by atoms with van der Waals surface area (Å²) >= 11 is 0. The maximum absolute atomic E-state index is 14.6. The highest BCUT2D eigenvalue weighted by molar-refractivity contribution is 5.97. The fourth-order valence-corrected chi connectivity index (χ4v) is 4.25. The van der Waals surface area contributed by atoms with Gasteiger partial charge in [-0.05, 0) is 50.3 Å². The third kappa shape index (κ3) is 4.60. The molecule has 3 aromatic heterocycles. The van der Waals surface area contributed by atoms with E-state index in [0.717, 1.165) is 54.5 Å². The number of allylic oxidation sites excluding steroid dienone is 1. The zero-order valence-electron chi connectivity index (χ0n) is 19.4. The van der Waals surface area contributed by atoms with E-state index in [-0.39, 0.29) is 17.1 Å². The lowest BCUT2D eigenvalue weighted by molar-refractivity contribution is 0.534. The number of rotatable bonds is 9. The highest BCUT2D eigenvalue weighted by atomic mass is 19.1. The van der Waals surface area contributed by atoms with Crippen LogP contribution in [0.2, 0.25) is 0 Å². The standard InChI is InChI=1S/C26H26F2N6O/c1-4-6-9-16(5-2)10-7-11-17-14-21(32-33(17)3)18-15-34(24-19(27)12-8-13-20(24)28)26(35)22-23(18)30-31-25(22)29/h2,4,8,12-16H,1,6-7,9-11H2,3H3,(H3,29,30,31). The van der Waals surface area contributed by atoms with Crippen molar-refractivity contribution in [2.45, 2.75) is 32.1 Å². The lowest BCUT2D eigenvalue weighted by atomic mass is 9.97. The first-order valence-electron chi connectivity index (χ1n) is 11.3. The summed E-state index contributed by atoms with van der Waals surface area (Å²) in [5, 5.41) is 11.3. The second-order valence-electron chi connectivity index (χ2n) is 8.41. The molecule has 0 fully saturated rings. The minimum absolute atomic E-state index is 0.0384. The molecular weight excluding hydrogens is 450 g/mol. The lowest BCUT2D eigenvalue weighted by Gasteiger charge is -2.11. The van der Waals surface area contributed by atoms with Crippen LogP contribution in [-0.2, 0) is 13.5 Å². The Morgan fingerprint density at radius 2 is 2.06 bits per heavy atom. The van der Waals surface area contributed by atoms with Gasteiger partial charge < -0.3 is 5.73 Å². The van der Waals surface area contributed by atoms with Gasteiger partial charge in [0.2, 0.25) is 0 Å². The third-order valence-corrected chi connectivity index (χ3v) is 6.13. The number of fused-ring (bicyclic) bond motifs is 1. The van der Waals surface area contributed by atoms with Gasteiger partial charge in [0.25, 0.3) is 5.56 Å². The van der Waals surface area contributed by atoms with Crippen LogP contribution < -0.4 is 11.3 Å². The van der Waals surface area contributed by atoms with Crippen molar-refractivity contribution < 1.29 is 8.78 Å². The van der Waals surface area contributed by atoms with E-state index in [2.05, 4.69) is 27.8 Å². The second kappa shape index (κ2) is 9.97. The van der Waals surface area contributed by atoms with Crippen LogP contribution in [0.15, 0.2) is 47.9 Å². The Hall–Kier alpha value is -4.19. The monoisotopic (exact) mass is 476 g/mol. The van der Waals surface area contributed by atoms with E-state index in [0.29, 0.717) is 16.8 Å². The molecule has 35 heavy (non-hydrogen) atoms. The number of nitrogens with zero attached hydrogens (tertiary/aromatic N) is 4. The molecule has 7 nitrogen and oxygen atoms in total. The third-order valence-electron chi connectivity index (χ3n) is 6.13. The van der Waals surface area contributed by atoms with Crippen LogP contribution in [-0.4, -0.2) is 24.5 Å². The summed E-state index contributed by atoms with van der Waals surface area (Å²) < 4.78 is 31.8. The molecule has 0 radical (unpaired) electrons. The number of H-pyrrole nitrogens is 1. The molecule has 1 unspecified atom stereocenters. The molecule has 3 N–H and O–H groups in total. The van der Waals surface area contributed by atoms with Crippen LogP contribution in [0, 0.1) is 29.9 Å². The Balaban J connectivity index is 1.73. The maximum Gasteiger partial charge on any atom is 0.268 e. The van der Waals surface area contributed by atoms with E-state index in [9.17, 15) is 13.6 Å². The maximum atomic E-state index is 14.6. The number of nitrogens with two attached hydrogens (primary N) is 1. The molecule has 0 aliphatic rings. The summed E-state index contributed by atoms with van der Waals surface area (Å²) in [5.41, 5.74) is 7.02. The van der Waals surface area contributed by atoms with E-state index < -0.39 is 22.9 Å². The van der Waals surface area contributed by atoms with Gasteiger partial charge in [-0.15, -0.1) is 18.9 Å². The van der Waals surface area contributed by atoms with Gasteiger partial charge >= 0.3 is 0 Å². The quantitative estimate of drug-likeness (QED) is 0.274. The van der Waals surface area contributed by atoms with Gasteiger partial charge in [-0.1, -0.05) is 12.1 Å². The van der Waals surface area contributed by atoms with Crippen molar-refractivity contribution in [2.75, 3.05) is 5.73 Å². The highest BCUT2D eigenvalue weighted by Gasteiger charge is 2.22. The van der Waals surface area contributed by atoms with E-state index in [4.69, 9.17) is 12.2 Å². The Morgan fingerprint density at radius 3 is 2.74 bits per heavy atom. The molecule has 3 heterocycles. The number of nitrogen functional groups attached to an aromatic ring is 1. The van der Waals surface area contributed by atoms with E-state index in [1.54, 1.807) is 4.68 Å². The van der Waals surface area contributed by atoms with Crippen LogP contribution in [0.4, 0.5) is 14.6 Å². The molecule has 0 saturated carbocycles. The topological polar surface area (TPSA) is 94.5 Å². The lowest BCUT2D eigenvalue weighted by Crippen LogP contribution is -2.21. The summed E-state index contributed by atoms with van der Waals surface area (Å²) in [4.78, 5) is 13.1. The number of aryl methyl sites for hydroxylation is 2. The number of halogens is 2. The number of anilines is 1. The summed E-state index contributed by atoms with van der Waals surface area (Å²) in [6.07, 6.45) is 13.2. The van der Waals surface area contributed by atoms with Gasteiger partial charge in [0.05, 0.1) is 11.2 Å². The second-order valence-corrected chi connectivity index (χ2v) is 8.41. The predicted molar refractivity (Wildman–Crippen MR) is 133 cm³/mol. The number of terminal acetylenes is 1. The number of hydrogen-bond donors (Lipinski definition) is 2. The molecule has 1 atom stereocenters. The molecule has 0 saturated heterocycles. The number of pyridine rings is 1. The molecule has 0 bridgehead atoms. The van der Waals surface area contributed by atoms with Gasteiger partial charge in [-0.2, -0.15) is 10.2 Å². The molecule has 0 spiro atoms. The van der Waals surface area contributed by atoms with E-state index in [1.807, 2.05) is 19.2 Å². The SMILES string of the molecule is C#CC(CCC=C)CCCc1cc(-c2cn(-c3c(F)cccc3F)c(=O)c3c(N)n[nH]c23)nn1C. The number of hydrogen-bond acceptors (Lipinski definition) is 4. The number of aromatic amines is 1. The smallest absolute Gasteiger partial charge is 0.268 e. The van der Waals surface area contributed by atoms with Gasteiger partial charge in [0.15, 0.2) is 5.82 Å². The summed E-state index contributed by atoms with van der Waals surface area (Å²) in [5.74, 6) is 1.22. The van der Waals surface area contributed by atoms with Crippen LogP contribution in [0.3, 0.4) is 0 Å². The number of aromatic nitrogens is 5. The Bertz CT molecular complexity index is 1470. The highest BCUT2D eigenvalue weighted by Crippen LogP contribution is 2.29. The van der Waals surface area contributed by atoms with Crippen LogP contribution in [0.25, 0.3) is 27.8 Å². The summed E-state index contributed by atoms with van der Waals surface area (Å²) in [7, 11) is 1.82. The normalized spacial score (nSPS) is 12.1. The first-order valence-corrected chi connectivity index (χ1v) is 11.3. The fraction of sp³-hybridized carbons (Fsp3) is 0.269. The summed E-state index contributed by atoms with van der Waals surface area (Å²) in [6, 6.07) is 5.29. The number of nitrogens with one attached hydrogen (secondary N) is 1. The van der Waals surface area contributed by atoms with Gasteiger partial charge in [0, 0.05) is 30.4 Å². The average molecular weight is 477 g/mol. The molecule has 0 aliphatic heterocycles. The molecule has 0 aliphatic carbocycles. The van der Waals surface area contributed by atoms with Crippen molar-refractivity contribution in [3.8, 4) is 29.3 Å². The minimum atomic E-state index is -0.874. The van der Waals surface area contributed by atoms with Gasteiger partial charge in [-0.25, -0.2) is 8.78 Å². The molecule has 4 rings (SSSR count). The van der Waals surface area contributed by atoms with Crippen molar-refractivity contribution >= 4 is 16.7 Å². The molecular formula is C26H26F2N6O. The predicted octanol–water partition coefficient (Wildman–Crippen LogP) is 4.51. The van der Waals surface area contributed by atoms with E-state index >= 15 is 0 Å². The zero-order valence-corrected chi connectivity index (χ0v) is 19.4. The largest absolute Gasteiger partial charge is 0.382 e. The Labute approximate surface area is 201 Å². The fourth-order valence-electron chi connectivity index (χ4n) is 4.25. The zero-order chi connectivity index (χ0) is 25.1. The molecule has 4 aromatic rings. The van der Waals surface area contributed by atoms with Crippen molar-refractivity contribution in [3.63, 3.8) is 0 Å². The van der Waals surface area contributed by atoms with Crippen LogP contribution in [0.1, 0.15) is 31.4 Å². The Kier molecular flexibility index (Phi) is 6.82. The van der Waals surface area contributed by atoms with Crippen molar-refractivity contribution in [3.05, 3.63) is 70.8 Å². The molecule has 9 heteroatoms. The van der Waals surface area contributed by atoms with Crippen LogP contribution >= 0.6 is 0 Å². The number of benzene rings is 1. The molecule has 0 amide bonds. The van der Waals surface area contributed by atoms with Crippen molar-refractivity contribution in [2.24, 2.45) is 13.0 Å². The minimum Gasteiger partial charge on any atom is -0.382 e. The first kappa shape index (κ1) is 24.0. The molecule has 180 valence electrons. The van der Waals surface area contributed by atoms with E-state index in [1.165, 1.54) is 12.3 Å². The molecule has 1 aromatic carbocycles. The average Bonchev–Trinajstić information content (AvgIpc) is 3.40. The van der Waals surface area contributed by atoms with Crippen LogP contribution in [0.5, 0.6) is 0 Å². The number of para-hydroxylation sites is 1. The summed E-state index contributed by atoms with van der Waals surface area (Å²) in [6.45, 7) is 3.74. The van der Waals surface area contributed by atoms with Gasteiger partial charge in [0.1, 0.15) is 22.7 Å². The van der Waals surface area contributed by atoms with Crippen molar-refractivity contribution in [1.29, 1.82) is 0 Å².